The van der Waals surface area contributed by atoms with E-state index in [0.717, 1.165) is 0 Å². The van der Waals surface area contributed by atoms with Crippen molar-refractivity contribution in [3.05, 3.63) is 29.6 Å². The van der Waals surface area contributed by atoms with Crippen LogP contribution in [-0.2, 0) is 16.1 Å². The number of hydrogen-bond acceptors (Lipinski definition) is 5. The van der Waals surface area contributed by atoms with E-state index < -0.39 is 11.5 Å². The van der Waals surface area contributed by atoms with Gasteiger partial charge in [0.1, 0.15) is 5.69 Å². The van der Waals surface area contributed by atoms with Gasteiger partial charge in [-0.05, 0) is 26.0 Å². The highest BCUT2D eigenvalue weighted by atomic mass is 16.4. The van der Waals surface area contributed by atoms with Gasteiger partial charge >= 0.3 is 5.97 Å². The van der Waals surface area contributed by atoms with Crippen molar-refractivity contribution in [2.45, 2.75) is 25.9 Å². The Hall–Kier alpha value is -2.28. The zero-order chi connectivity index (χ0) is 14.9. The van der Waals surface area contributed by atoms with E-state index >= 15 is 0 Å². The summed E-state index contributed by atoms with van der Waals surface area (Å²) in [6.45, 7) is 3.70. The van der Waals surface area contributed by atoms with E-state index in [1.807, 2.05) is 0 Å². The molecule has 0 saturated carbocycles. The summed E-state index contributed by atoms with van der Waals surface area (Å²) in [6, 6.07) is 4.65. The molecule has 2 amide bonds. The van der Waals surface area contributed by atoms with Crippen molar-refractivity contribution in [1.29, 1.82) is 0 Å². The summed E-state index contributed by atoms with van der Waals surface area (Å²) in [5.41, 5.74) is -0.414. The maximum absolute atomic E-state index is 11.8. The van der Waals surface area contributed by atoms with Crippen molar-refractivity contribution < 1.29 is 19.5 Å². The summed E-state index contributed by atoms with van der Waals surface area (Å²) in [5, 5.41) is 11.2. The topological polar surface area (TPSA) is 99.6 Å². The molecule has 1 aliphatic rings. The van der Waals surface area contributed by atoms with Crippen LogP contribution in [0.4, 0.5) is 0 Å². The maximum atomic E-state index is 11.8. The standard InChI is InChI=1S/C13H15N3O4/c1-13(2)12(20)15-10(17)7-16(13)6-8-4-3-5-9(14-8)11(18)19/h3-5H,6-7H2,1-2H3,(H,18,19)(H,15,17,20). The number of piperazine rings is 1. The molecule has 20 heavy (non-hydrogen) atoms. The van der Waals surface area contributed by atoms with Crippen molar-refractivity contribution in [2.75, 3.05) is 6.54 Å². The van der Waals surface area contributed by atoms with E-state index in [-0.39, 0.29) is 30.6 Å². The highest BCUT2D eigenvalue weighted by molar-refractivity contribution is 6.02. The van der Waals surface area contributed by atoms with Crippen LogP contribution in [0.2, 0.25) is 0 Å². The Balaban J connectivity index is 2.24. The molecule has 0 spiro atoms. The van der Waals surface area contributed by atoms with Crippen LogP contribution in [0.5, 0.6) is 0 Å². The SMILES string of the molecule is CC1(C)C(=O)NC(=O)CN1Cc1cccc(C(=O)O)n1. The van der Waals surface area contributed by atoms with E-state index in [0.29, 0.717) is 5.69 Å². The fourth-order valence-electron chi connectivity index (χ4n) is 1.97. The van der Waals surface area contributed by atoms with Gasteiger partial charge in [-0.3, -0.25) is 19.8 Å². The summed E-state index contributed by atoms with van der Waals surface area (Å²) in [7, 11) is 0. The van der Waals surface area contributed by atoms with Gasteiger partial charge in [0.25, 0.3) is 0 Å². The number of nitrogens with one attached hydrogen (secondary N) is 1. The van der Waals surface area contributed by atoms with Crippen LogP contribution in [0.3, 0.4) is 0 Å². The molecule has 0 aliphatic carbocycles. The number of imide groups is 1. The monoisotopic (exact) mass is 277 g/mol. The lowest BCUT2D eigenvalue weighted by Crippen LogP contribution is -2.63. The number of pyridine rings is 1. The van der Waals surface area contributed by atoms with Gasteiger partial charge in [0.05, 0.1) is 17.8 Å². The number of hydrogen-bond donors (Lipinski definition) is 2. The van der Waals surface area contributed by atoms with Crippen LogP contribution in [0.25, 0.3) is 0 Å². The first-order valence-corrected chi connectivity index (χ1v) is 6.09. The van der Waals surface area contributed by atoms with Gasteiger partial charge in [-0.15, -0.1) is 0 Å². The molecule has 2 N–H and O–H groups in total. The summed E-state index contributed by atoms with van der Waals surface area (Å²) < 4.78 is 0. The molecular formula is C13H15N3O4. The van der Waals surface area contributed by atoms with Gasteiger partial charge in [-0.2, -0.15) is 0 Å². The maximum Gasteiger partial charge on any atom is 0.354 e. The van der Waals surface area contributed by atoms with Crippen LogP contribution in [0.1, 0.15) is 30.0 Å². The Morgan fingerprint density at radius 3 is 2.80 bits per heavy atom. The Bertz CT molecular complexity index is 583. The van der Waals surface area contributed by atoms with Crippen molar-refractivity contribution in [3.63, 3.8) is 0 Å². The van der Waals surface area contributed by atoms with Crippen LogP contribution >= 0.6 is 0 Å². The Kier molecular flexibility index (Phi) is 3.54. The second-order valence-electron chi connectivity index (χ2n) is 5.11. The number of carboxylic acid groups (broad SMARTS) is 1. The molecule has 0 bridgehead atoms. The van der Waals surface area contributed by atoms with E-state index in [9.17, 15) is 14.4 Å². The number of rotatable bonds is 3. The first-order chi connectivity index (χ1) is 9.30. The summed E-state index contributed by atoms with van der Waals surface area (Å²) in [4.78, 5) is 39.8. The third-order valence-electron chi connectivity index (χ3n) is 3.31. The largest absolute Gasteiger partial charge is 0.477 e. The lowest BCUT2D eigenvalue weighted by molar-refractivity contribution is -0.145. The Morgan fingerprint density at radius 2 is 2.15 bits per heavy atom. The molecule has 1 aromatic heterocycles. The number of aromatic nitrogens is 1. The molecule has 2 rings (SSSR count). The summed E-state index contributed by atoms with van der Waals surface area (Å²) in [5.74, 6) is -1.86. The van der Waals surface area contributed by atoms with Crippen LogP contribution < -0.4 is 5.32 Å². The molecule has 1 aromatic rings. The van der Waals surface area contributed by atoms with Gasteiger partial charge in [0.2, 0.25) is 11.8 Å². The molecule has 0 atom stereocenters. The van der Waals surface area contributed by atoms with Crippen LogP contribution in [-0.4, -0.2) is 44.9 Å². The molecule has 7 nitrogen and oxygen atoms in total. The summed E-state index contributed by atoms with van der Waals surface area (Å²) >= 11 is 0. The molecule has 7 heteroatoms. The van der Waals surface area contributed by atoms with E-state index in [2.05, 4.69) is 10.3 Å². The van der Waals surface area contributed by atoms with Gasteiger partial charge in [-0.25, -0.2) is 9.78 Å². The van der Waals surface area contributed by atoms with E-state index in [1.165, 1.54) is 6.07 Å². The third kappa shape index (κ3) is 2.67. The predicted octanol–water partition coefficient (Wildman–Crippen LogP) is 0.0168. The second-order valence-corrected chi connectivity index (χ2v) is 5.11. The highest BCUT2D eigenvalue weighted by Gasteiger charge is 2.40. The first-order valence-electron chi connectivity index (χ1n) is 6.09. The normalized spacial score (nSPS) is 18.7. The molecule has 0 unspecified atom stereocenters. The fourth-order valence-corrected chi connectivity index (χ4v) is 1.97. The molecule has 106 valence electrons. The van der Waals surface area contributed by atoms with Gasteiger partial charge < -0.3 is 5.11 Å². The minimum atomic E-state index is -1.11. The van der Waals surface area contributed by atoms with Crippen LogP contribution in [0, 0.1) is 0 Å². The first kappa shape index (κ1) is 14.1. The number of nitrogens with zero attached hydrogens (tertiary/aromatic N) is 2. The number of carboxylic acids is 1. The molecule has 0 radical (unpaired) electrons. The fraction of sp³-hybridized carbons (Fsp3) is 0.385. The van der Waals surface area contributed by atoms with Crippen molar-refractivity contribution >= 4 is 17.8 Å². The van der Waals surface area contributed by atoms with E-state index in [1.54, 1.807) is 30.9 Å². The quantitative estimate of drug-likeness (QED) is 0.755. The average molecular weight is 277 g/mol. The van der Waals surface area contributed by atoms with Gasteiger partial charge in [0, 0.05) is 6.54 Å². The van der Waals surface area contributed by atoms with Gasteiger partial charge in [0.15, 0.2) is 0 Å². The average Bonchev–Trinajstić information content (AvgIpc) is 2.36. The summed E-state index contributed by atoms with van der Waals surface area (Å²) in [6.07, 6.45) is 0. The third-order valence-corrected chi connectivity index (χ3v) is 3.31. The van der Waals surface area contributed by atoms with Crippen molar-refractivity contribution in [1.82, 2.24) is 15.2 Å². The minimum Gasteiger partial charge on any atom is -0.477 e. The molecule has 2 heterocycles. The highest BCUT2D eigenvalue weighted by Crippen LogP contribution is 2.20. The molecule has 1 saturated heterocycles. The Labute approximate surface area is 115 Å². The second kappa shape index (κ2) is 5.01. The zero-order valence-electron chi connectivity index (χ0n) is 11.2. The number of amides is 2. The molecular weight excluding hydrogens is 262 g/mol. The smallest absolute Gasteiger partial charge is 0.354 e. The molecule has 0 aromatic carbocycles. The predicted molar refractivity (Wildman–Crippen MR) is 68.8 cm³/mol. The number of carbonyl (C=O) groups is 3. The molecule has 1 fully saturated rings. The molecule has 1 aliphatic heterocycles. The van der Waals surface area contributed by atoms with Crippen molar-refractivity contribution in [2.24, 2.45) is 0 Å². The lowest BCUT2D eigenvalue weighted by Gasteiger charge is -2.39. The van der Waals surface area contributed by atoms with Crippen LogP contribution in [0.15, 0.2) is 18.2 Å². The van der Waals surface area contributed by atoms with E-state index in [4.69, 9.17) is 5.11 Å². The minimum absolute atomic E-state index is 0.0620. The van der Waals surface area contributed by atoms with Gasteiger partial charge in [-0.1, -0.05) is 6.07 Å². The Morgan fingerprint density at radius 1 is 1.45 bits per heavy atom. The van der Waals surface area contributed by atoms with Crippen molar-refractivity contribution in [3.8, 4) is 0 Å². The zero-order valence-corrected chi connectivity index (χ0v) is 11.2. The number of carbonyl (C=O) groups excluding carboxylic acids is 2. The number of aromatic carboxylic acids is 1. The lowest BCUT2D eigenvalue weighted by atomic mass is 9.98.